The monoisotopic (exact) mass is 378 g/mol. The van der Waals surface area contributed by atoms with Gasteiger partial charge in [0.15, 0.2) is 0 Å². The number of para-hydroxylation sites is 2. The molecule has 0 bridgehead atoms. The van der Waals surface area contributed by atoms with Crippen molar-refractivity contribution in [2.24, 2.45) is 0 Å². The number of rotatable bonds is 8. The van der Waals surface area contributed by atoms with Crippen LogP contribution in [0.25, 0.3) is 0 Å². The second-order valence-corrected chi connectivity index (χ2v) is 6.03. The van der Waals surface area contributed by atoms with E-state index in [1.165, 1.54) is 6.92 Å². The predicted octanol–water partition coefficient (Wildman–Crippen LogP) is 3.80. The number of ether oxygens (including phenoxy) is 2. The van der Waals surface area contributed by atoms with Crippen LogP contribution in [0.4, 0.5) is 5.69 Å². The average molecular weight is 378 g/mol. The number of amides is 1. The standard InChI is InChI=1S/C22H22N2O4/c1-17(26)24(16-18-8-5-6-12-21(18)27-15-14-25)20-11-7-13-23-22(20)28-19-9-3-2-4-10-19/h2-13,25H,14-16H2,1H3. The minimum Gasteiger partial charge on any atom is -0.491 e. The molecule has 0 saturated heterocycles. The van der Waals surface area contributed by atoms with Gasteiger partial charge >= 0.3 is 0 Å². The Labute approximate surface area is 164 Å². The van der Waals surface area contributed by atoms with E-state index in [1.807, 2.05) is 54.6 Å². The molecule has 3 rings (SSSR count). The van der Waals surface area contributed by atoms with Gasteiger partial charge in [-0.3, -0.25) is 4.79 Å². The molecule has 3 aromatic rings. The Hall–Kier alpha value is -3.38. The molecule has 0 aliphatic rings. The molecule has 0 saturated carbocycles. The van der Waals surface area contributed by atoms with Crippen molar-refractivity contribution in [3.8, 4) is 17.4 Å². The number of carbonyl (C=O) groups is 1. The van der Waals surface area contributed by atoms with Crippen molar-refractivity contribution in [2.45, 2.75) is 13.5 Å². The van der Waals surface area contributed by atoms with Gasteiger partial charge in [-0.1, -0.05) is 36.4 Å². The molecule has 0 radical (unpaired) electrons. The average Bonchev–Trinajstić information content (AvgIpc) is 2.72. The topological polar surface area (TPSA) is 71.9 Å². The van der Waals surface area contributed by atoms with Gasteiger partial charge in [-0.15, -0.1) is 0 Å². The number of aromatic nitrogens is 1. The first-order valence-corrected chi connectivity index (χ1v) is 8.96. The zero-order valence-electron chi connectivity index (χ0n) is 15.6. The first-order valence-electron chi connectivity index (χ1n) is 8.96. The molecule has 28 heavy (non-hydrogen) atoms. The number of hydrogen-bond donors (Lipinski definition) is 1. The van der Waals surface area contributed by atoms with E-state index in [-0.39, 0.29) is 25.7 Å². The van der Waals surface area contributed by atoms with Gasteiger partial charge in [0.05, 0.1) is 13.2 Å². The number of nitrogens with zero attached hydrogens (tertiary/aromatic N) is 2. The van der Waals surface area contributed by atoms with E-state index >= 15 is 0 Å². The van der Waals surface area contributed by atoms with Crippen molar-refractivity contribution in [3.63, 3.8) is 0 Å². The van der Waals surface area contributed by atoms with Crippen LogP contribution in [0.2, 0.25) is 0 Å². The summed E-state index contributed by atoms with van der Waals surface area (Å²) in [6.07, 6.45) is 1.62. The zero-order valence-corrected chi connectivity index (χ0v) is 15.6. The maximum Gasteiger partial charge on any atom is 0.243 e. The summed E-state index contributed by atoms with van der Waals surface area (Å²) in [4.78, 5) is 18.3. The van der Waals surface area contributed by atoms with Crippen molar-refractivity contribution >= 4 is 11.6 Å². The molecule has 1 amide bonds. The maximum atomic E-state index is 12.4. The molecule has 144 valence electrons. The van der Waals surface area contributed by atoms with E-state index in [1.54, 1.807) is 23.2 Å². The summed E-state index contributed by atoms with van der Waals surface area (Å²) in [6.45, 7) is 1.89. The summed E-state index contributed by atoms with van der Waals surface area (Å²) in [5.74, 6) is 1.45. The molecular weight excluding hydrogens is 356 g/mol. The normalized spacial score (nSPS) is 10.4. The summed E-state index contributed by atoms with van der Waals surface area (Å²) in [5.41, 5.74) is 1.39. The predicted molar refractivity (Wildman–Crippen MR) is 107 cm³/mol. The highest BCUT2D eigenvalue weighted by Gasteiger charge is 2.20. The van der Waals surface area contributed by atoms with Crippen LogP contribution in [-0.2, 0) is 11.3 Å². The quantitative estimate of drug-likeness (QED) is 0.646. The smallest absolute Gasteiger partial charge is 0.243 e. The molecular formula is C22H22N2O4. The second kappa shape index (κ2) is 9.53. The van der Waals surface area contributed by atoms with Gasteiger partial charge in [0.25, 0.3) is 0 Å². The highest BCUT2D eigenvalue weighted by atomic mass is 16.5. The first-order chi connectivity index (χ1) is 13.7. The van der Waals surface area contributed by atoms with Crippen LogP contribution in [0.15, 0.2) is 72.9 Å². The molecule has 1 aromatic heterocycles. The highest BCUT2D eigenvalue weighted by molar-refractivity contribution is 5.92. The van der Waals surface area contributed by atoms with Crippen LogP contribution in [0.5, 0.6) is 17.4 Å². The van der Waals surface area contributed by atoms with Crippen molar-refractivity contribution in [3.05, 3.63) is 78.5 Å². The molecule has 0 aliphatic heterocycles. The fraction of sp³-hybridized carbons (Fsp3) is 0.182. The molecule has 0 atom stereocenters. The van der Waals surface area contributed by atoms with Crippen molar-refractivity contribution in [1.29, 1.82) is 0 Å². The molecule has 0 fully saturated rings. The Morgan fingerprint density at radius 2 is 1.79 bits per heavy atom. The number of hydrogen-bond acceptors (Lipinski definition) is 5. The Morgan fingerprint density at radius 3 is 2.54 bits per heavy atom. The van der Waals surface area contributed by atoms with Crippen molar-refractivity contribution in [1.82, 2.24) is 4.98 Å². The van der Waals surface area contributed by atoms with Gasteiger partial charge in [-0.2, -0.15) is 0 Å². The largest absolute Gasteiger partial charge is 0.491 e. The van der Waals surface area contributed by atoms with Crippen molar-refractivity contribution < 1.29 is 19.4 Å². The number of pyridine rings is 1. The van der Waals surface area contributed by atoms with Gasteiger partial charge in [0, 0.05) is 18.7 Å². The molecule has 6 nitrogen and oxygen atoms in total. The van der Waals surface area contributed by atoms with Gasteiger partial charge in [0.2, 0.25) is 11.8 Å². The van der Waals surface area contributed by atoms with E-state index in [2.05, 4.69) is 4.98 Å². The maximum absolute atomic E-state index is 12.4. The van der Waals surface area contributed by atoms with E-state index < -0.39 is 0 Å². The van der Waals surface area contributed by atoms with E-state index in [0.717, 1.165) is 5.56 Å². The minimum atomic E-state index is -0.150. The highest BCUT2D eigenvalue weighted by Crippen LogP contribution is 2.32. The Kier molecular flexibility index (Phi) is 6.59. The molecule has 6 heteroatoms. The van der Waals surface area contributed by atoms with Crippen LogP contribution in [0.1, 0.15) is 12.5 Å². The lowest BCUT2D eigenvalue weighted by atomic mass is 10.1. The lowest BCUT2D eigenvalue weighted by Crippen LogP contribution is -2.28. The third-order valence-electron chi connectivity index (χ3n) is 4.03. The summed E-state index contributed by atoms with van der Waals surface area (Å²) in [6, 6.07) is 20.3. The first kappa shape index (κ1) is 19.4. The number of benzene rings is 2. The van der Waals surface area contributed by atoms with Crippen LogP contribution < -0.4 is 14.4 Å². The van der Waals surface area contributed by atoms with Crippen LogP contribution in [-0.4, -0.2) is 29.2 Å². The minimum absolute atomic E-state index is 0.0809. The third-order valence-corrected chi connectivity index (χ3v) is 4.03. The summed E-state index contributed by atoms with van der Waals surface area (Å²) in [7, 11) is 0. The van der Waals surface area contributed by atoms with Gasteiger partial charge in [0.1, 0.15) is 23.8 Å². The fourth-order valence-electron chi connectivity index (χ4n) is 2.73. The number of anilines is 1. The molecule has 2 aromatic carbocycles. The Bertz CT molecular complexity index is 915. The van der Waals surface area contributed by atoms with E-state index in [0.29, 0.717) is 23.1 Å². The molecule has 0 aliphatic carbocycles. The summed E-state index contributed by atoms with van der Waals surface area (Å²) >= 11 is 0. The second-order valence-electron chi connectivity index (χ2n) is 6.03. The molecule has 0 unspecified atom stereocenters. The Balaban J connectivity index is 1.91. The van der Waals surface area contributed by atoms with Crippen LogP contribution in [0, 0.1) is 0 Å². The fourth-order valence-corrected chi connectivity index (χ4v) is 2.73. The van der Waals surface area contributed by atoms with Crippen LogP contribution >= 0.6 is 0 Å². The lowest BCUT2D eigenvalue weighted by molar-refractivity contribution is -0.116. The number of aliphatic hydroxyl groups is 1. The van der Waals surface area contributed by atoms with Gasteiger partial charge < -0.3 is 19.5 Å². The number of aliphatic hydroxyl groups excluding tert-OH is 1. The Morgan fingerprint density at radius 1 is 1.04 bits per heavy atom. The van der Waals surface area contributed by atoms with Gasteiger partial charge in [-0.25, -0.2) is 4.98 Å². The third kappa shape index (κ3) is 4.86. The van der Waals surface area contributed by atoms with E-state index in [9.17, 15) is 4.79 Å². The zero-order chi connectivity index (χ0) is 19.8. The van der Waals surface area contributed by atoms with Gasteiger partial charge in [-0.05, 0) is 30.3 Å². The SMILES string of the molecule is CC(=O)N(Cc1ccccc1OCCO)c1cccnc1Oc1ccccc1. The lowest BCUT2D eigenvalue weighted by Gasteiger charge is -2.24. The van der Waals surface area contributed by atoms with E-state index in [4.69, 9.17) is 14.6 Å². The molecule has 0 spiro atoms. The molecule has 1 heterocycles. The van der Waals surface area contributed by atoms with Crippen LogP contribution in [0.3, 0.4) is 0 Å². The number of carbonyl (C=O) groups excluding carboxylic acids is 1. The summed E-state index contributed by atoms with van der Waals surface area (Å²) < 4.78 is 11.5. The molecule has 1 N–H and O–H groups in total. The summed E-state index contributed by atoms with van der Waals surface area (Å²) in [5, 5.41) is 9.03. The van der Waals surface area contributed by atoms with Crippen molar-refractivity contribution in [2.75, 3.05) is 18.1 Å².